The number of nitrogens with zero attached hydrogens (tertiary/aromatic N) is 2. The Kier molecular flexibility index (Phi) is 4.32. The third-order valence-electron chi connectivity index (χ3n) is 5.10. The van der Waals surface area contributed by atoms with Crippen molar-refractivity contribution in [2.75, 3.05) is 0 Å². The number of carbonyl (C=O) groups excluding carboxylic acids is 1. The summed E-state index contributed by atoms with van der Waals surface area (Å²) in [5.41, 5.74) is 1.93. The highest BCUT2D eigenvalue weighted by atomic mass is 16.2. The van der Waals surface area contributed by atoms with E-state index in [0.29, 0.717) is 16.7 Å². The monoisotopic (exact) mass is 350 g/mol. The zero-order valence-corrected chi connectivity index (χ0v) is 14.8. The first-order chi connectivity index (χ1) is 12.6. The number of amides is 1. The van der Waals surface area contributed by atoms with E-state index in [0.717, 1.165) is 31.2 Å². The van der Waals surface area contributed by atoms with Crippen LogP contribution in [0, 0.1) is 0 Å². The van der Waals surface area contributed by atoms with E-state index in [4.69, 9.17) is 0 Å². The highest BCUT2D eigenvalue weighted by Crippen LogP contribution is 2.24. The minimum Gasteiger partial charge on any atom is -0.349 e. The number of fused-ring (bicyclic) bond motifs is 1. The lowest BCUT2D eigenvalue weighted by Crippen LogP contribution is -2.38. The van der Waals surface area contributed by atoms with E-state index in [1.54, 1.807) is 11.7 Å². The van der Waals surface area contributed by atoms with Crippen molar-refractivity contribution in [2.24, 2.45) is 7.05 Å². The SMILES string of the molecule is Cn1nc(-c2ccccc2)c2c(=O)c(C(=O)NC3CCCCC3)c[nH]c21. The van der Waals surface area contributed by atoms with Crippen LogP contribution in [0.5, 0.6) is 0 Å². The third kappa shape index (κ3) is 2.92. The van der Waals surface area contributed by atoms with Crippen molar-refractivity contribution >= 4 is 16.9 Å². The maximum absolute atomic E-state index is 13.1. The molecule has 0 unspecified atom stereocenters. The highest BCUT2D eigenvalue weighted by molar-refractivity contribution is 6.00. The number of aromatic amines is 1. The maximum Gasteiger partial charge on any atom is 0.256 e. The molecule has 0 spiro atoms. The van der Waals surface area contributed by atoms with Gasteiger partial charge in [-0.2, -0.15) is 5.10 Å². The first-order valence-corrected chi connectivity index (χ1v) is 9.10. The summed E-state index contributed by atoms with van der Waals surface area (Å²) < 4.78 is 1.64. The van der Waals surface area contributed by atoms with Gasteiger partial charge >= 0.3 is 0 Å². The van der Waals surface area contributed by atoms with Crippen LogP contribution < -0.4 is 10.7 Å². The zero-order chi connectivity index (χ0) is 18.1. The Balaban J connectivity index is 1.76. The van der Waals surface area contributed by atoms with Gasteiger partial charge in [-0.05, 0) is 12.8 Å². The van der Waals surface area contributed by atoms with Crippen LogP contribution in [-0.2, 0) is 7.05 Å². The molecule has 0 bridgehead atoms. The average Bonchev–Trinajstić information content (AvgIpc) is 3.01. The molecular weight excluding hydrogens is 328 g/mol. The van der Waals surface area contributed by atoms with Crippen molar-refractivity contribution in [3.8, 4) is 11.3 Å². The molecule has 2 N–H and O–H groups in total. The predicted molar refractivity (Wildman–Crippen MR) is 101 cm³/mol. The summed E-state index contributed by atoms with van der Waals surface area (Å²) in [4.78, 5) is 28.8. The van der Waals surface area contributed by atoms with Crippen LogP contribution in [0.1, 0.15) is 42.5 Å². The van der Waals surface area contributed by atoms with Crippen LogP contribution in [0.4, 0.5) is 0 Å². The number of carbonyl (C=O) groups is 1. The first kappa shape index (κ1) is 16.6. The van der Waals surface area contributed by atoms with Crippen LogP contribution in [0.2, 0.25) is 0 Å². The molecule has 0 saturated heterocycles. The number of nitrogens with one attached hydrogen (secondary N) is 2. The van der Waals surface area contributed by atoms with Gasteiger partial charge in [0, 0.05) is 24.8 Å². The van der Waals surface area contributed by atoms with Gasteiger partial charge in [-0.15, -0.1) is 0 Å². The molecule has 1 amide bonds. The zero-order valence-electron chi connectivity index (χ0n) is 14.8. The molecule has 2 heterocycles. The Hall–Kier alpha value is -2.89. The van der Waals surface area contributed by atoms with Crippen molar-refractivity contribution in [3.63, 3.8) is 0 Å². The highest BCUT2D eigenvalue weighted by Gasteiger charge is 2.22. The Bertz CT molecular complexity index is 998. The fourth-order valence-electron chi connectivity index (χ4n) is 3.72. The van der Waals surface area contributed by atoms with Crippen LogP contribution >= 0.6 is 0 Å². The number of H-pyrrole nitrogens is 1. The summed E-state index contributed by atoms with van der Waals surface area (Å²) >= 11 is 0. The first-order valence-electron chi connectivity index (χ1n) is 9.10. The number of aryl methyl sites for hydroxylation is 1. The number of hydrogen-bond acceptors (Lipinski definition) is 3. The molecule has 134 valence electrons. The van der Waals surface area contributed by atoms with Crippen molar-refractivity contribution in [1.82, 2.24) is 20.1 Å². The van der Waals surface area contributed by atoms with E-state index in [9.17, 15) is 9.59 Å². The van der Waals surface area contributed by atoms with Crippen molar-refractivity contribution < 1.29 is 4.79 Å². The molecule has 0 atom stereocenters. The Morgan fingerprint density at radius 2 is 1.92 bits per heavy atom. The Morgan fingerprint density at radius 1 is 1.19 bits per heavy atom. The summed E-state index contributed by atoms with van der Waals surface area (Å²) in [6.45, 7) is 0. The molecule has 3 aromatic rings. The van der Waals surface area contributed by atoms with Gasteiger partial charge in [0.05, 0.1) is 5.39 Å². The molecule has 1 aromatic carbocycles. The molecular formula is C20H22N4O2. The van der Waals surface area contributed by atoms with E-state index in [1.165, 1.54) is 12.6 Å². The van der Waals surface area contributed by atoms with Gasteiger partial charge in [-0.25, -0.2) is 0 Å². The molecule has 0 radical (unpaired) electrons. The van der Waals surface area contributed by atoms with E-state index >= 15 is 0 Å². The smallest absolute Gasteiger partial charge is 0.256 e. The summed E-state index contributed by atoms with van der Waals surface area (Å²) in [5, 5.41) is 7.96. The Morgan fingerprint density at radius 3 is 2.65 bits per heavy atom. The molecule has 1 aliphatic carbocycles. The molecule has 1 aliphatic rings. The molecule has 2 aromatic heterocycles. The van der Waals surface area contributed by atoms with Crippen molar-refractivity contribution in [1.29, 1.82) is 0 Å². The number of rotatable bonds is 3. The fraction of sp³-hybridized carbons (Fsp3) is 0.350. The topological polar surface area (TPSA) is 79.8 Å². The van der Waals surface area contributed by atoms with Crippen LogP contribution in [0.3, 0.4) is 0 Å². The largest absolute Gasteiger partial charge is 0.349 e. The molecule has 1 saturated carbocycles. The van der Waals surface area contributed by atoms with Gasteiger partial charge < -0.3 is 10.3 Å². The second-order valence-corrected chi connectivity index (χ2v) is 6.90. The van der Waals surface area contributed by atoms with Crippen LogP contribution in [0.25, 0.3) is 22.3 Å². The van der Waals surface area contributed by atoms with E-state index < -0.39 is 0 Å². The summed E-state index contributed by atoms with van der Waals surface area (Å²) in [5.74, 6) is -0.303. The molecule has 6 heteroatoms. The lowest BCUT2D eigenvalue weighted by atomic mass is 9.95. The quantitative estimate of drug-likeness (QED) is 0.762. The summed E-state index contributed by atoms with van der Waals surface area (Å²) in [7, 11) is 1.78. The van der Waals surface area contributed by atoms with Crippen molar-refractivity contribution in [2.45, 2.75) is 38.1 Å². The fourth-order valence-corrected chi connectivity index (χ4v) is 3.72. The minimum absolute atomic E-state index is 0.147. The van der Waals surface area contributed by atoms with Crippen LogP contribution in [0.15, 0.2) is 41.3 Å². The van der Waals surface area contributed by atoms with E-state index in [2.05, 4.69) is 15.4 Å². The van der Waals surface area contributed by atoms with E-state index in [1.807, 2.05) is 30.3 Å². The lowest BCUT2D eigenvalue weighted by molar-refractivity contribution is 0.0926. The van der Waals surface area contributed by atoms with Gasteiger partial charge in [-0.3, -0.25) is 14.3 Å². The number of aromatic nitrogens is 3. The third-order valence-corrected chi connectivity index (χ3v) is 5.10. The van der Waals surface area contributed by atoms with Gasteiger partial charge in [-0.1, -0.05) is 49.6 Å². The number of hydrogen-bond donors (Lipinski definition) is 2. The van der Waals surface area contributed by atoms with E-state index in [-0.39, 0.29) is 22.9 Å². The minimum atomic E-state index is -0.303. The molecule has 0 aliphatic heterocycles. The Labute approximate surface area is 151 Å². The number of pyridine rings is 1. The normalized spacial score (nSPS) is 15.3. The van der Waals surface area contributed by atoms with Gasteiger partial charge in [0.15, 0.2) is 0 Å². The predicted octanol–water partition coefficient (Wildman–Crippen LogP) is 2.99. The standard InChI is InChI=1S/C20H22N4O2/c1-24-19-16(17(23-24)13-8-4-2-5-9-13)18(25)15(12-21-19)20(26)22-14-10-6-3-7-11-14/h2,4-5,8-9,12,14H,3,6-7,10-11H2,1H3,(H,21,25)(H,22,26). The summed E-state index contributed by atoms with van der Waals surface area (Å²) in [6, 6.07) is 9.72. The molecule has 6 nitrogen and oxygen atoms in total. The molecule has 1 fully saturated rings. The average molecular weight is 350 g/mol. The summed E-state index contributed by atoms with van der Waals surface area (Å²) in [6.07, 6.45) is 6.93. The second kappa shape index (κ2) is 6.78. The molecule has 26 heavy (non-hydrogen) atoms. The maximum atomic E-state index is 13.1. The van der Waals surface area contributed by atoms with Gasteiger partial charge in [0.2, 0.25) is 5.43 Å². The lowest BCUT2D eigenvalue weighted by Gasteiger charge is -2.22. The number of benzene rings is 1. The van der Waals surface area contributed by atoms with Gasteiger partial charge in [0.25, 0.3) is 5.91 Å². The van der Waals surface area contributed by atoms with Gasteiger partial charge in [0.1, 0.15) is 16.9 Å². The molecule has 4 rings (SSSR count). The second-order valence-electron chi connectivity index (χ2n) is 6.90. The van der Waals surface area contributed by atoms with Crippen LogP contribution in [-0.4, -0.2) is 26.7 Å². The van der Waals surface area contributed by atoms with Crippen molar-refractivity contribution in [3.05, 3.63) is 52.3 Å².